The minimum atomic E-state index is -0.321. The van der Waals surface area contributed by atoms with Crippen LogP contribution >= 0.6 is 22.9 Å². The van der Waals surface area contributed by atoms with Crippen molar-refractivity contribution in [3.63, 3.8) is 0 Å². The average molecular weight is 623 g/mol. The third-order valence-electron chi connectivity index (χ3n) is 6.33. The van der Waals surface area contributed by atoms with Gasteiger partial charge in [0.25, 0.3) is 5.01 Å². The van der Waals surface area contributed by atoms with Gasteiger partial charge in [-0.15, -0.1) is 0 Å². The molecule has 2 amide bonds. The fraction of sp³-hybridized carbons (Fsp3) is 0.467. The number of H-pyrrole nitrogens is 1. The van der Waals surface area contributed by atoms with E-state index in [9.17, 15) is 4.79 Å². The van der Waals surface area contributed by atoms with Gasteiger partial charge in [0.1, 0.15) is 5.75 Å². The molecule has 0 aliphatic carbocycles. The summed E-state index contributed by atoms with van der Waals surface area (Å²) in [5.41, 5.74) is 2.30. The number of aromatic amines is 1. The second kappa shape index (κ2) is 19.0. The zero-order valence-corrected chi connectivity index (χ0v) is 25.5. The number of nitrogens with one attached hydrogen (secondary N) is 3. The molecule has 0 radical (unpaired) electrons. The molecule has 5 nitrogen and oxygen atoms in total. The zero-order chi connectivity index (χ0) is 26.1. The molecule has 0 bridgehead atoms. The van der Waals surface area contributed by atoms with E-state index in [0.29, 0.717) is 23.1 Å². The first kappa shape index (κ1) is 32.1. The standard InChI is InChI=1S/C30H40ClN3O2S.BrH/c1-2-3-4-5-6-7-8-9-10-11-12-15-21-36-28-23-24(18-19-26(28)31)33-30(35)34-27-17-14-13-16-25(27)29-32-20-22-37-29;/h13-14,16-20,22-23H,2-12,15,21H2,1H3,(H2,33,34,35);1H. The van der Waals surface area contributed by atoms with Gasteiger partial charge in [0.05, 0.1) is 28.3 Å². The summed E-state index contributed by atoms with van der Waals surface area (Å²) in [6, 6.07) is 12.7. The van der Waals surface area contributed by atoms with Gasteiger partial charge in [-0.3, -0.25) is 0 Å². The maximum Gasteiger partial charge on any atom is 0.323 e. The number of hydrogen-bond acceptors (Lipinski definition) is 3. The summed E-state index contributed by atoms with van der Waals surface area (Å²) in [4.78, 5) is 15.9. The fourth-order valence-electron chi connectivity index (χ4n) is 4.28. The summed E-state index contributed by atoms with van der Waals surface area (Å²) in [5.74, 6) is 0.594. The number of para-hydroxylation sites is 1. The Kier molecular flexibility index (Phi) is 16.1. The van der Waals surface area contributed by atoms with E-state index in [1.54, 1.807) is 29.5 Å². The summed E-state index contributed by atoms with van der Waals surface area (Å²) in [7, 11) is 0. The molecule has 0 aliphatic heterocycles. The van der Waals surface area contributed by atoms with Crippen molar-refractivity contribution < 1.29 is 31.5 Å². The van der Waals surface area contributed by atoms with Gasteiger partial charge in [0, 0.05) is 11.8 Å². The zero-order valence-electron chi connectivity index (χ0n) is 22.4. The Balaban J connectivity index is 0.00000507. The van der Waals surface area contributed by atoms with Crippen LogP contribution in [0.2, 0.25) is 5.02 Å². The number of carbonyl (C=O) groups is 1. The van der Waals surface area contributed by atoms with E-state index in [4.69, 9.17) is 16.3 Å². The molecule has 1 aromatic heterocycles. The highest BCUT2D eigenvalue weighted by Crippen LogP contribution is 2.30. The fourth-order valence-corrected chi connectivity index (χ4v) is 5.16. The molecule has 208 valence electrons. The largest absolute Gasteiger partial charge is 1.00 e. The summed E-state index contributed by atoms with van der Waals surface area (Å²) in [6.45, 7) is 2.89. The number of carbonyl (C=O) groups excluding carboxylic acids is 1. The van der Waals surface area contributed by atoms with Crippen LogP contribution in [-0.2, 0) is 0 Å². The molecular weight excluding hydrogens is 582 g/mol. The Hall–Kier alpha value is -2.09. The summed E-state index contributed by atoms with van der Waals surface area (Å²) in [6.07, 6.45) is 17.6. The van der Waals surface area contributed by atoms with Crippen LogP contribution in [0.1, 0.15) is 84.0 Å². The highest BCUT2D eigenvalue weighted by Gasteiger charge is 2.14. The highest BCUT2D eigenvalue weighted by molar-refractivity contribution is 7.12. The van der Waals surface area contributed by atoms with Gasteiger partial charge in [-0.25, -0.2) is 9.78 Å². The first-order valence-electron chi connectivity index (χ1n) is 13.7. The first-order chi connectivity index (χ1) is 18.2. The van der Waals surface area contributed by atoms with E-state index in [1.807, 2.05) is 35.8 Å². The van der Waals surface area contributed by atoms with Crippen molar-refractivity contribution in [2.45, 2.75) is 84.0 Å². The Labute approximate surface area is 247 Å². The molecule has 3 N–H and O–H groups in total. The highest BCUT2D eigenvalue weighted by atomic mass is 79.9. The van der Waals surface area contributed by atoms with Gasteiger partial charge in [0.2, 0.25) is 0 Å². The molecule has 0 fully saturated rings. The van der Waals surface area contributed by atoms with E-state index in [-0.39, 0.29) is 23.0 Å². The quantitative estimate of drug-likeness (QED) is 0.166. The van der Waals surface area contributed by atoms with Gasteiger partial charge < -0.3 is 32.4 Å². The van der Waals surface area contributed by atoms with Gasteiger partial charge in [-0.1, -0.05) is 113 Å². The molecule has 2 aromatic carbocycles. The van der Waals surface area contributed by atoms with Crippen molar-refractivity contribution in [2.75, 3.05) is 17.2 Å². The van der Waals surface area contributed by atoms with Gasteiger partial charge in [-0.2, -0.15) is 0 Å². The lowest BCUT2D eigenvalue weighted by Gasteiger charge is -2.12. The van der Waals surface area contributed by atoms with Crippen molar-refractivity contribution in [3.8, 4) is 16.3 Å². The van der Waals surface area contributed by atoms with Crippen LogP contribution in [0.15, 0.2) is 54.0 Å². The molecule has 38 heavy (non-hydrogen) atoms. The molecule has 3 aromatic rings. The number of unbranched alkanes of at least 4 members (excludes halogenated alkanes) is 11. The molecule has 3 rings (SSSR count). The lowest BCUT2D eigenvalue weighted by Crippen LogP contribution is -3.00. The second-order valence-electron chi connectivity index (χ2n) is 9.40. The number of aromatic nitrogens is 1. The number of hydrogen-bond donors (Lipinski definition) is 2. The number of urea groups is 1. The van der Waals surface area contributed by atoms with E-state index in [0.717, 1.165) is 29.1 Å². The number of thiazole rings is 1. The Bertz CT molecular complexity index is 1070. The Morgan fingerprint density at radius 3 is 2.21 bits per heavy atom. The van der Waals surface area contributed by atoms with Crippen molar-refractivity contribution in [1.29, 1.82) is 0 Å². The number of amides is 2. The minimum absolute atomic E-state index is 0. The molecule has 0 spiro atoms. The number of halogens is 2. The maximum absolute atomic E-state index is 12.7. The topological polar surface area (TPSA) is 64.5 Å². The predicted molar refractivity (Wildman–Crippen MR) is 157 cm³/mol. The molecule has 0 atom stereocenters. The maximum atomic E-state index is 12.7. The summed E-state index contributed by atoms with van der Waals surface area (Å²) in [5, 5.41) is 9.32. The number of ether oxygens (including phenoxy) is 1. The molecule has 0 saturated carbocycles. The number of rotatable bonds is 17. The van der Waals surface area contributed by atoms with Crippen LogP contribution < -0.4 is 37.3 Å². The summed E-state index contributed by atoms with van der Waals surface area (Å²) < 4.78 is 5.93. The minimum Gasteiger partial charge on any atom is -1.00 e. The SMILES string of the molecule is CCCCCCCCCCCCCCOc1cc(NC(=O)Nc2ccccc2-c2[nH+]ccs2)ccc1Cl.[Br-]. The van der Waals surface area contributed by atoms with Crippen LogP contribution in [0.25, 0.3) is 10.6 Å². The van der Waals surface area contributed by atoms with Crippen LogP contribution in [-0.4, -0.2) is 12.6 Å². The molecule has 1 heterocycles. The summed E-state index contributed by atoms with van der Waals surface area (Å²) >= 11 is 7.92. The Morgan fingerprint density at radius 2 is 1.55 bits per heavy atom. The van der Waals surface area contributed by atoms with Crippen molar-refractivity contribution >= 4 is 40.3 Å². The third-order valence-corrected chi connectivity index (χ3v) is 7.49. The molecule has 0 aliphatic rings. The average Bonchev–Trinajstić information content (AvgIpc) is 3.44. The van der Waals surface area contributed by atoms with E-state index >= 15 is 0 Å². The van der Waals surface area contributed by atoms with Gasteiger partial charge >= 0.3 is 6.03 Å². The number of anilines is 2. The monoisotopic (exact) mass is 621 g/mol. The number of benzene rings is 2. The van der Waals surface area contributed by atoms with Crippen LogP contribution in [0.5, 0.6) is 5.75 Å². The second-order valence-corrected chi connectivity index (χ2v) is 10.7. The van der Waals surface area contributed by atoms with Crippen molar-refractivity contribution in [2.24, 2.45) is 0 Å². The molecule has 8 heteroatoms. The predicted octanol–water partition coefficient (Wildman–Crippen LogP) is 6.61. The normalized spacial score (nSPS) is 10.6. The van der Waals surface area contributed by atoms with Crippen molar-refractivity contribution in [3.05, 3.63) is 59.1 Å². The van der Waals surface area contributed by atoms with Crippen LogP contribution in [0, 0.1) is 0 Å². The molecular formula is C30H41BrClN3O2S. The Morgan fingerprint density at radius 1 is 0.895 bits per heavy atom. The lowest BCUT2D eigenvalue weighted by molar-refractivity contribution is -0.357. The van der Waals surface area contributed by atoms with Crippen molar-refractivity contribution in [1.82, 2.24) is 0 Å². The van der Waals surface area contributed by atoms with Crippen LogP contribution in [0.4, 0.5) is 16.2 Å². The molecule has 0 saturated heterocycles. The van der Waals surface area contributed by atoms with Crippen LogP contribution in [0.3, 0.4) is 0 Å². The van der Waals surface area contributed by atoms with Gasteiger partial charge in [-0.05, 0) is 30.7 Å². The smallest absolute Gasteiger partial charge is 0.323 e. The third kappa shape index (κ3) is 11.7. The van der Waals surface area contributed by atoms with Gasteiger partial charge in [0.15, 0.2) is 6.20 Å². The van der Waals surface area contributed by atoms with E-state index in [1.165, 1.54) is 64.2 Å². The van der Waals surface area contributed by atoms with E-state index < -0.39 is 0 Å². The lowest BCUT2D eigenvalue weighted by atomic mass is 10.1. The first-order valence-corrected chi connectivity index (χ1v) is 15.0. The molecule has 0 unspecified atom stereocenters. The van der Waals surface area contributed by atoms with E-state index in [2.05, 4.69) is 22.5 Å².